The van der Waals surface area contributed by atoms with Gasteiger partial charge in [-0.15, -0.1) is 11.3 Å². The van der Waals surface area contributed by atoms with E-state index >= 15 is 0 Å². The van der Waals surface area contributed by atoms with Gasteiger partial charge in [0.25, 0.3) is 11.8 Å². The zero-order valence-electron chi connectivity index (χ0n) is 15.7. The second-order valence-corrected chi connectivity index (χ2v) is 10.6. The summed E-state index contributed by atoms with van der Waals surface area (Å²) in [6.07, 6.45) is 8.06. The van der Waals surface area contributed by atoms with Crippen molar-refractivity contribution in [2.45, 2.75) is 49.4 Å². The van der Waals surface area contributed by atoms with Crippen LogP contribution in [0.2, 0.25) is 0 Å². The highest BCUT2D eigenvalue weighted by molar-refractivity contribution is 7.90. The zero-order chi connectivity index (χ0) is 20.6. The van der Waals surface area contributed by atoms with Crippen molar-refractivity contribution >= 4 is 33.2 Å². The number of carbonyl (C=O) groups is 2. The third-order valence-electron chi connectivity index (χ3n) is 5.93. The van der Waals surface area contributed by atoms with Crippen LogP contribution in [0, 0.1) is 5.92 Å². The Morgan fingerprint density at radius 2 is 2.10 bits per heavy atom. The molecule has 4 rings (SSSR count). The quantitative estimate of drug-likeness (QED) is 0.480. The number of thiophene rings is 1. The molecule has 156 valence electrons. The fourth-order valence-corrected chi connectivity index (χ4v) is 7.32. The molecule has 2 unspecified atom stereocenters. The molecule has 29 heavy (non-hydrogen) atoms. The minimum Gasteiger partial charge on any atom is -0.322 e. The summed E-state index contributed by atoms with van der Waals surface area (Å²) < 4.78 is 28.1. The molecule has 2 heterocycles. The van der Waals surface area contributed by atoms with Gasteiger partial charge in [0.1, 0.15) is 6.04 Å². The lowest BCUT2D eigenvalue weighted by atomic mass is 10.0. The van der Waals surface area contributed by atoms with Crippen molar-refractivity contribution in [3.05, 3.63) is 46.3 Å². The number of hydroxylamine groups is 1. The molecule has 2 amide bonds. The van der Waals surface area contributed by atoms with E-state index in [2.05, 4.69) is 5.32 Å². The lowest BCUT2D eigenvalue weighted by molar-refractivity contribution is -0.132. The van der Waals surface area contributed by atoms with Crippen molar-refractivity contribution in [2.75, 3.05) is 0 Å². The molecule has 8 nitrogen and oxygen atoms in total. The summed E-state index contributed by atoms with van der Waals surface area (Å²) in [6.45, 7) is 0. The number of hydrogen-bond donors (Lipinski definition) is 3. The molecule has 2 aliphatic carbocycles. The Morgan fingerprint density at radius 3 is 2.76 bits per heavy atom. The van der Waals surface area contributed by atoms with Crippen LogP contribution in [-0.2, 0) is 14.8 Å². The monoisotopic (exact) mass is 437 g/mol. The van der Waals surface area contributed by atoms with Crippen molar-refractivity contribution < 1.29 is 23.2 Å². The van der Waals surface area contributed by atoms with Crippen LogP contribution in [0.25, 0.3) is 0 Å². The van der Waals surface area contributed by atoms with E-state index in [1.165, 1.54) is 15.6 Å². The van der Waals surface area contributed by atoms with Crippen LogP contribution >= 0.6 is 11.3 Å². The maximum Gasteiger partial charge on any atom is 0.265 e. The molecule has 1 aromatic heterocycles. The van der Waals surface area contributed by atoms with Gasteiger partial charge in [-0.1, -0.05) is 24.6 Å². The number of allylic oxidation sites excluding steroid dienone is 2. The molecule has 2 fully saturated rings. The second kappa shape index (κ2) is 8.02. The van der Waals surface area contributed by atoms with Gasteiger partial charge in [-0.2, -0.15) is 4.31 Å². The molecule has 1 saturated carbocycles. The minimum absolute atomic E-state index is 0.149. The number of fused-ring (bicyclic) bond motifs is 1. The normalized spacial score (nSPS) is 29.3. The van der Waals surface area contributed by atoms with E-state index in [1.54, 1.807) is 35.8 Å². The molecule has 3 N–H and O–H groups in total. The van der Waals surface area contributed by atoms with E-state index in [1.807, 2.05) is 5.38 Å². The average Bonchev–Trinajstić information content (AvgIpc) is 3.44. The van der Waals surface area contributed by atoms with E-state index in [-0.39, 0.29) is 24.3 Å². The van der Waals surface area contributed by atoms with E-state index in [0.717, 1.165) is 19.3 Å². The van der Waals surface area contributed by atoms with Crippen LogP contribution in [0.4, 0.5) is 0 Å². The summed E-state index contributed by atoms with van der Waals surface area (Å²) in [5.41, 5.74) is 2.18. The molecule has 1 aliphatic heterocycles. The van der Waals surface area contributed by atoms with Crippen LogP contribution in [0.5, 0.6) is 0 Å². The first-order valence-electron chi connectivity index (χ1n) is 9.61. The first kappa shape index (κ1) is 20.3. The third-order valence-corrected chi connectivity index (χ3v) is 9.03. The van der Waals surface area contributed by atoms with E-state index < -0.39 is 27.2 Å². The SMILES string of the molecule is O=C(NC1=CCC(S(=O)(=O)N2C(C(=O)NO)C[C@H]3CCC[C@H]32)C=C1)c1cccs1. The summed E-state index contributed by atoms with van der Waals surface area (Å²) in [6, 6.07) is 2.44. The van der Waals surface area contributed by atoms with E-state index in [0.29, 0.717) is 17.0 Å². The van der Waals surface area contributed by atoms with E-state index in [9.17, 15) is 18.0 Å². The van der Waals surface area contributed by atoms with Gasteiger partial charge in [0, 0.05) is 11.7 Å². The lowest BCUT2D eigenvalue weighted by Gasteiger charge is -2.31. The highest BCUT2D eigenvalue weighted by Crippen LogP contribution is 2.44. The Morgan fingerprint density at radius 1 is 1.28 bits per heavy atom. The Balaban J connectivity index is 1.49. The van der Waals surface area contributed by atoms with Crippen LogP contribution in [0.1, 0.15) is 41.8 Å². The van der Waals surface area contributed by atoms with Crippen molar-refractivity contribution in [1.29, 1.82) is 0 Å². The maximum absolute atomic E-state index is 13.4. The summed E-state index contributed by atoms with van der Waals surface area (Å²) in [5, 5.41) is 12.8. The first-order chi connectivity index (χ1) is 13.9. The molecular weight excluding hydrogens is 414 g/mol. The molecule has 0 radical (unpaired) electrons. The van der Waals surface area contributed by atoms with Crippen LogP contribution < -0.4 is 10.8 Å². The summed E-state index contributed by atoms with van der Waals surface area (Å²) in [5.74, 6) is -0.761. The number of carbonyl (C=O) groups excluding carboxylic acids is 2. The van der Waals surface area contributed by atoms with Gasteiger partial charge in [-0.3, -0.25) is 14.8 Å². The number of nitrogens with zero attached hydrogens (tertiary/aromatic N) is 1. The predicted octanol–water partition coefficient (Wildman–Crippen LogP) is 1.77. The van der Waals surface area contributed by atoms with Crippen LogP contribution in [0.3, 0.4) is 0 Å². The summed E-state index contributed by atoms with van der Waals surface area (Å²) in [7, 11) is -3.80. The number of amides is 2. The number of rotatable bonds is 5. The van der Waals surface area contributed by atoms with Crippen molar-refractivity contribution in [3.8, 4) is 0 Å². The fraction of sp³-hybridized carbons (Fsp3) is 0.474. The first-order valence-corrected chi connectivity index (χ1v) is 12.0. The largest absolute Gasteiger partial charge is 0.322 e. The average molecular weight is 438 g/mol. The Labute approximate surface area is 173 Å². The highest BCUT2D eigenvalue weighted by atomic mass is 32.2. The van der Waals surface area contributed by atoms with Gasteiger partial charge in [0.2, 0.25) is 10.0 Å². The molecular formula is C19H23N3O5S2. The molecule has 4 atom stereocenters. The van der Waals surface area contributed by atoms with Gasteiger partial charge in [-0.25, -0.2) is 13.9 Å². The van der Waals surface area contributed by atoms with Crippen LogP contribution in [-0.4, -0.2) is 47.1 Å². The van der Waals surface area contributed by atoms with Crippen molar-refractivity contribution in [2.24, 2.45) is 5.92 Å². The molecule has 3 aliphatic rings. The molecule has 0 aromatic carbocycles. The van der Waals surface area contributed by atoms with Gasteiger partial charge < -0.3 is 5.32 Å². The molecule has 10 heteroatoms. The maximum atomic E-state index is 13.4. The second-order valence-electron chi connectivity index (χ2n) is 7.58. The van der Waals surface area contributed by atoms with Crippen LogP contribution in [0.15, 0.2) is 41.4 Å². The predicted molar refractivity (Wildman–Crippen MR) is 108 cm³/mol. The van der Waals surface area contributed by atoms with Crippen molar-refractivity contribution in [1.82, 2.24) is 15.1 Å². The lowest BCUT2D eigenvalue weighted by Crippen LogP contribution is -2.51. The van der Waals surface area contributed by atoms with Gasteiger partial charge in [0.15, 0.2) is 0 Å². The summed E-state index contributed by atoms with van der Waals surface area (Å²) >= 11 is 1.33. The Hall–Kier alpha value is -2.01. The Kier molecular flexibility index (Phi) is 5.60. The number of nitrogens with one attached hydrogen (secondary N) is 2. The zero-order valence-corrected chi connectivity index (χ0v) is 17.3. The Bertz CT molecular complexity index is 954. The molecule has 0 bridgehead atoms. The van der Waals surface area contributed by atoms with Crippen molar-refractivity contribution in [3.63, 3.8) is 0 Å². The van der Waals surface area contributed by atoms with Gasteiger partial charge in [-0.05, 0) is 49.1 Å². The molecule has 1 aromatic rings. The van der Waals surface area contributed by atoms with E-state index in [4.69, 9.17) is 5.21 Å². The number of sulfonamides is 1. The third kappa shape index (κ3) is 3.77. The van der Waals surface area contributed by atoms with Gasteiger partial charge >= 0.3 is 0 Å². The molecule has 0 spiro atoms. The highest BCUT2D eigenvalue weighted by Gasteiger charge is 2.53. The number of hydrogen-bond acceptors (Lipinski definition) is 6. The smallest absolute Gasteiger partial charge is 0.265 e. The van der Waals surface area contributed by atoms with Gasteiger partial charge in [0.05, 0.1) is 10.1 Å². The molecule has 1 saturated heterocycles. The minimum atomic E-state index is -3.80. The standard InChI is InChI=1S/C19H23N3O5S2/c23-18(21-25)16-11-12-3-1-4-15(12)22(16)29(26,27)14-8-6-13(7-9-14)20-19(24)17-5-2-10-28-17/h2,5-8,10,12,14-16,25H,1,3-4,9,11H2,(H,20,24)(H,21,23)/t12-,14?,15-,16?/m1/s1. The fourth-order valence-electron chi connectivity index (χ4n) is 4.58. The topological polar surface area (TPSA) is 116 Å². The summed E-state index contributed by atoms with van der Waals surface area (Å²) in [4.78, 5) is 24.9.